The van der Waals surface area contributed by atoms with Crippen LogP contribution in [0.5, 0.6) is 11.5 Å². The topological polar surface area (TPSA) is 166 Å². The molecule has 1 aromatic heterocycles. The second-order valence-electron chi connectivity index (χ2n) is 10.4. The van der Waals surface area contributed by atoms with E-state index in [2.05, 4.69) is 10.3 Å². The molecule has 0 bridgehead atoms. The number of rotatable bonds is 12. The van der Waals surface area contributed by atoms with Gasteiger partial charge in [-0.3, -0.25) is 19.2 Å². The molecule has 4 atom stereocenters. The third-order valence-electron chi connectivity index (χ3n) is 6.65. The Hall–Kier alpha value is -4.68. The molecule has 1 amide bonds. The fourth-order valence-electron chi connectivity index (χ4n) is 4.30. The van der Waals surface area contributed by atoms with E-state index in [-0.39, 0.29) is 30.0 Å². The predicted molar refractivity (Wildman–Crippen MR) is 153 cm³/mol. The molecule has 4 unspecified atom stereocenters. The third-order valence-corrected chi connectivity index (χ3v) is 6.65. The van der Waals surface area contributed by atoms with Gasteiger partial charge in [-0.2, -0.15) is 0 Å². The molecule has 1 aliphatic rings. The number of nitrogens with zero attached hydrogens (tertiary/aromatic N) is 1. The molecule has 3 rings (SSSR count). The molecule has 13 heteroatoms. The molecule has 238 valence electrons. The van der Waals surface area contributed by atoms with Crippen LogP contribution in [0, 0.1) is 11.8 Å². The summed E-state index contributed by atoms with van der Waals surface area (Å²) in [6.07, 6.45) is -0.0359. The lowest BCUT2D eigenvalue weighted by Gasteiger charge is -2.29. The summed E-state index contributed by atoms with van der Waals surface area (Å²) < 4.78 is 32.6. The molecule has 1 aromatic carbocycles. The van der Waals surface area contributed by atoms with Gasteiger partial charge in [0.1, 0.15) is 18.6 Å². The summed E-state index contributed by atoms with van der Waals surface area (Å²) in [5.74, 6) is -5.15. The lowest BCUT2D eigenvalue weighted by molar-refractivity contribution is -0.176. The molecule has 1 N–H and O–H groups in total. The van der Waals surface area contributed by atoms with Gasteiger partial charge in [0.2, 0.25) is 6.79 Å². The first-order valence-electron chi connectivity index (χ1n) is 14.3. The van der Waals surface area contributed by atoms with Crippen molar-refractivity contribution >= 4 is 29.8 Å². The van der Waals surface area contributed by atoms with Gasteiger partial charge in [0.05, 0.1) is 13.0 Å². The maximum absolute atomic E-state index is 13.4. The number of carbonyl (C=O) groups is 5. The SMILES string of the molecule is CCCC(=O)OCOc1c(OC)ccnc1C(=O)NC1COC(=O)C(Cc2ccccc2)C(OC(=O)C(C)C)C(C)OC1=O. The van der Waals surface area contributed by atoms with E-state index in [1.807, 2.05) is 25.1 Å². The number of benzene rings is 1. The normalized spacial score (nSPS) is 20.2. The Morgan fingerprint density at radius 1 is 1.09 bits per heavy atom. The summed E-state index contributed by atoms with van der Waals surface area (Å²) in [6, 6.07) is 9.04. The van der Waals surface area contributed by atoms with Gasteiger partial charge in [0, 0.05) is 18.7 Å². The Labute approximate surface area is 255 Å². The van der Waals surface area contributed by atoms with Crippen molar-refractivity contribution in [2.75, 3.05) is 20.5 Å². The van der Waals surface area contributed by atoms with E-state index in [1.165, 1.54) is 26.3 Å². The number of carbonyl (C=O) groups excluding carboxylic acids is 5. The highest BCUT2D eigenvalue weighted by Crippen LogP contribution is 2.30. The highest BCUT2D eigenvalue weighted by Gasteiger charge is 2.42. The first-order chi connectivity index (χ1) is 21.0. The number of hydrogen-bond donors (Lipinski definition) is 1. The van der Waals surface area contributed by atoms with Crippen molar-refractivity contribution in [3.05, 3.63) is 53.9 Å². The Balaban J connectivity index is 1.84. The van der Waals surface area contributed by atoms with E-state index in [0.29, 0.717) is 6.42 Å². The van der Waals surface area contributed by atoms with Crippen LogP contribution in [0.25, 0.3) is 0 Å². The van der Waals surface area contributed by atoms with Gasteiger partial charge in [-0.25, -0.2) is 9.78 Å². The number of ether oxygens (including phenoxy) is 6. The Bertz CT molecular complexity index is 1310. The van der Waals surface area contributed by atoms with Gasteiger partial charge in [0.15, 0.2) is 29.3 Å². The minimum atomic E-state index is -1.45. The molecule has 2 heterocycles. The maximum atomic E-state index is 13.4. The van der Waals surface area contributed by atoms with Crippen molar-refractivity contribution in [2.45, 2.75) is 65.2 Å². The molecule has 0 aliphatic carbocycles. The minimum absolute atomic E-state index is 0.118. The van der Waals surface area contributed by atoms with E-state index >= 15 is 0 Å². The third kappa shape index (κ3) is 9.16. The summed E-state index contributed by atoms with van der Waals surface area (Å²) in [5, 5.41) is 2.47. The Morgan fingerprint density at radius 3 is 2.48 bits per heavy atom. The highest BCUT2D eigenvalue weighted by atomic mass is 16.7. The van der Waals surface area contributed by atoms with E-state index in [0.717, 1.165) is 5.56 Å². The average molecular weight is 615 g/mol. The second kappa shape index (κ2) is 16.2. The number of hydrogen-bond acceptors (Lipinski definition) is 12. The standard InChI is InChI=1S/C31H38N2O11/c1-6-10-24(34)41-17-42-27-23(39-5)13-14-32-25(27)28(35)33-22-16-40-30(37)21(15-20-11-8-7-9-12-20)26(19(4)43-31(22)38)44-29(36)18(2)3/h7-9,11-14,18-19,21-22,26H,6,10,15-17H2,1-5H3,(H,33,35). The molecule has 1 aliphatic heterocycles. The highest BCUT2D eigenvalue weighted by molar-refractivity contribution is 5.98. The van der Waals surface area contributed by atoms with Gasteiger partial charge in [0.25, 0.3) is 5.91 Å². The molecule has 0 spiro atoms. The minimum Gasteiger partial charge on any atom is -0.493 e. The summed E-state index contributed by atoms with van der Waals surface area (Å²) in [4.78, 5) is 68.4. The van der Waals surface area contributed by atoms with Crippen molar-refractivity contribution in [3.8, 4) is 11.5 Å². The summed E-state index contributed by atoms with van der Waals surface area (Å²) >= 11 is 0. The molecule has 44 heavy (non-hydrogen) atoms. The van der Waals surface area contributed by atoms with Gasteiger partial charge in [-0.05, 0) is 25.3 Å². The van der Waals surface area contributed by atoms with Crippen LogP contribution in [0.15, 0.2) is 42.6 Å². The quantitative estimate of drug-likeness (QED) is 0.211. The zero-order chi connectivity index (χ0) is 32.2. The van der Waals surface area contributed by atoms with Crippen LogP contribution in [0.4, 0.5) is 0 Å². The first kappa shape index (κ1) is 33.8. The van der Waals surface area contributed by atoms with Gasteiger partial charge in [-0.1, -0.05) is 51.1 Å². The fraction of sp³-hybridized carbons (Fsp3) is 0.484. The average Bonchev–Trinajstić information content (AvgIpc) is 3.03. The smallest absolute Gasteiger partial charge is 0.332 e. The number of methoxy groups -OCH3 is 1. The number of nitrogens with one attached hydrogen (secondary N) is 1. The zero-order valence-corrected chi connectivity index (χ0v) is 25.4. The van der Waals surface area contributed by atoms with Crippen molar-refractivity contribution in [2.24, 2.45) is 11.8 Å². The van der Waals surface area contributed by atoms with Crippen LogP contribution in [-0.2, 0) is 44.5 Å². The van der Waals surface area contributed by atoms with Gasteiger partial charge < -0.3 is 33.7 Å². The number of cyclic esters (lactones) is 2. The first-order valence-corrected chi connectivity index (χ1v) is 14.3. The van der Waals surface area contributed by atoms with Crippen molar-refractivity contribution in [1.29, 1.82) is 0 Å². The van der Waals surface area contributed by atoms with E-state index in [9.17, 15) is 24.0 Å². The van der Waals surface area contributed by atoms with Gasteiger partial charge >= 0.3 is 23.9 Å². The number of aromatic nitrogens is 1. The van der Waals surface area contributed by atoms with E-state index in [1.54, 1.807) is 26.0 Å². The van der Waals surface area contributed by atoms with Crippen molar-refractivity contribution in [1.82, 2.24) is 10.3 Å². The van der Waals surface area contributed by atoms with Crippen LogP contribution in [-0.4, -0.2) is 73.5 Å². The fourth-order valence-corrected chi connectivity index (χ4v) is 4.30. The lowest BCUT2D eigenvalue weighted by atomic mass is 9.91. The maximum Gasteiger partial charge on any atom is 0.332 e. The lowest BCUT2D eigenvalue weighted by Crippen LogP contribution is -2.47. The monoisotopic (exact) mass is 614 g/mol. The zero-order valence-electron chi connectivity index (χ0n) is 25.4. The molecule has 1 saturated heterocycles. The predicted octanol–water partition coefficient (Wildman–Crippen LogP) is 2.78. The van der Waals surface area contributed by atoms with Crippen LogP contribution in [0.2, 0.25) is 0 Å². The number of amides is 1. The molecular weight excluding hydrogens is 576 g/mol. The number of esters is 4. The van der Waals surface area contributed by atoms with E-state index < -0.39 is 73.3 Å². The van der Waals surface area contributed by atoms with Crippen LogP contribution >= 0.6 is 0 Å². The second-order valence-corrected chi connectivity index (χ2v) is 10.4. The largest absolute Gasteiger partial charge is 0.493 e. The Morgan fingerprint density at radius 2 is 1.82 bits per heavy atom. The summed E-state index contributed by atoms with van der Waals surface area (Å²) in [7, 11) is 1.35. The molecule has 0 radical (unpaired) electrons. The van der Waals surface area contributed by atoms with Crippen LogP contribution in [0.3, 0.4) is 0 Å². The molecule has 2 aromatic rings. The molecular formula is C31H38N2O11. The summed E-state index contributed by atoms with van der Waals surface area (Å²) in [6.45, 7) is 5.52. The molecule has 0 saturated carbocycles. The van der Waals surface area contributed by atoms with Crippen LogP contribution in [0.1, 0.15) is 56.6 Å². The summed E-state index contributed by atoms with van der Waals surface area (Å²) in [5.41, 5.74) is 0.494. The molecule has 1 fully saturated rings. The van der Waals surface area contributed by atoms with Crippen molar-refractivity contribution < 1.29 is 52.4 Å². The number of pyridine rings is 1. The Kier molecular flexibility index (Phi) is 12.5. The van der Waals surface area contributed by atoms with Crippen molar-refractivity contribution in [3.63, 3.8) is 0 Å². The molecule has 13 nitrogen and oxygen atoms in total. The van der Waals surface area contributed by atoms with Gasteiger partial charge in [-0.15, -0.1) is 0 Å². The van der Waals surface area contributed by atoms with Crippen LogP contribution < -0.4 is 14.8 Å². The van der Waals surface area contributed by atoms with E-state index in [4.69, 9.17) is 28.4 Å².